The lowest BCUT2D eigenvalue weighted by molar-refractivity contribution is -0.122. The fourth-order valence-electron chi connectivity index (χ4n) is 1.95. The number of amides is 1. The average Bonchev–Trinajstić information content (AvgIpc) is 2.39. The summed E-state index contributed by atoms with van der Waals surface area (Å²) in [5.41, 5.74) is 0.647. The number of hydrogen-bond acceptors (Lipinski definition) is 4. The average molecular weight is 265 g/mol. The molecule has 0 fully saturated rings. The Morgan fingerprint density at radius 2 is 2.00 bits per heavy atom. The normalized spacial score (nSPS) is 15.2. The fraction of sp³-hybridized carbons (Fsp3) is 0.500. The van der Waals surface area contributed by atoms with Crippen molar-refractivity contribution in [2.75, 3.05) is 25.1 Å². The van der Waals surface area contributed by atoms with E-state index in [1.165, 1.54) is 0 Å². The number of hydrogen-bond donors (Lipinski definition) is 2. The second kappa shape index (κ2) is 5.93. The molecular formula is C14H19NO4. The number of fused-ring (bicyclic) bond motifs is 1. The lowest BCUT2D eigenvalue weighted by Gasteiger charge is -2.20. The van der Waals surface area contributed by atoms with Gasteiger partial charge in [-0.15, -0.1) is 0 Å². The van der Waals surface area contributed by atoms with E-state index < -0.39 is 5.92 Å². The maximum atomic E-state index is 12.0. The minimum Gasteiger partial charge on any atom is -0.486 e. The Hall–Kier alpha value is -1.75. The van der Waals surface area contributed by atoms with Gasteiger partial charge in [-0.05, 0) is 18.1 Å². The molecule has 19 heavy (non-hydrogen) atoms. The molecule has 104 valence electrons. The first-order valence-corrected chi connectivity index (χ1v) is 6.43. The van der Waals surface area contributed by atoms with Gasteiger partial charge in [-0.2, -0.15) is 0 Å². The fourth-order valence-corrected chi connectivity index (χ4v) is 1.95. The number of aliphatic hydroxyl groups excluding tert-OH is 1. The number of rotatable bonds is 4. The van der Waals surface area contributed by atoms with Gasteiger partial charge in [0.25, 0.3) is 0 Å². The molecule has 0 saturated heterocycles. The molecule has 1 unspecified atom stereocenters. The van der Waals surface area contributed by atoms with E-state index in [1.54, 1.807) is 18.2 Å². The monoisotopic (exact) mass is 265 g/mol. The Balaban J connectivity index is 2.08. The van der Waals surface area contributed by atoms with E-state index in [1.807, 2.05) is 13.8 Å². The maximum Gasteiger partial charge on any atom is 0.230 e. The van der Waals surface area contributed by atoms with Crippen molar-refractivity contribution >= 4 is 11.6 Å². The van der Waals surface area contributed by atoms with Crippen LogP contribution in [0.4, 0.5) is 5.69 Å². The van der Waals surface area contributed by atoms with Crippen LogP contribution in [0.3, 0.4) is 0 Å². The topological polar surface area (TPSA) is 67.8 Å². The van der Waals surface area contributed by atoms with Crippen LogP contribution in [0, 0.1) is 11.8 Å². The summed E-state index contributed by atoms with van der Waals surface area (Å²) in [5, 5.41) is 12.0. The van der Waals surface area contributed by atoms with Gasteiger partial charge < -0.3 is 19.9 Å². The third kappa shape index (κ3) is 3.17. The first-order valence-electron chi connectivity index (χ1n) is 6.43. The Kier molecular flexibility index (Phi) is 4.27. The number of carbonyl (C=O) groups is 1. The number of aliphatic hydroxyl groups is 1. The van der Waals surface area contributed by atoms with Crippen molar-refractivity contribution < 1.29 is 19.4 Å². The van der Waals surface area contributed by atoms with Gasteiger partial charge in [-0.25, -0.2) is 0 Å². The summed E-state index contributed by atoms with van der Waals surface area (Å²) >= 11 is 0. The van der Waals surface area contributed by atoms with Crippen LogP contribution in [0.5, 0.6) is 11.5 Å². The summed E-state index contributed by atoms with van der Waals surface area (Å²) in [6, 6.07) is 5.27. The Labute approximate surface area is 112 Å². The molecule has 2 rings (SSSR count). The molecule has 1 atom stereocenters. The van der Waals surface area contributed by atoms with Crippen LogP contribution in [0.25, 0.3) is 0 Å². The third-order valence-electron chi connectivity index (χ3n) is 3.15. The van der Waals surface area contributed by atoms with Gasteiger partial charge in [0.2, 0.25) is 5.91 Å². The molecule has 1 heterocycles. The maximum absolute atomic E-state index is 12.0. The molecule has 0 aliphatic carbocycles. The molecule has 0 radical (unpaired) electrons. The van der Waals surface area contributed by atoms with Crippen molar-refractivity contribution in [3.8, 4) is 11.5 Å². The van der Waals surface area contributed by atoms with E-state index in [2.05, 4.69) is 5.32 Å². The van der Waals surface area contributed by atoms with E-state index in [-0.39, 0.29) is 18.4 Å². The summed E-state index contributed by atoms with van der Waals surface area (Å²) in [6.45, 7) is 4.71. The molecule has 5 heteroatoms. The second-order valence-corrected chi connectivity index (χ2v) is 4.88. The van der Waals surface area contributed by atoms with Crippen LogP contribution in [0.1, 0.15) is 13.8 Å². The number of anilines is 1. The van der Waals surface area contributed by atoms with Crippen LogP contribution >= 0.6 is 0 Å². The molecule has 0 aromatic heterocycles. The highest BCUT2D eigenvalue weighted by atomic mass is 16.6. The summed E-state index contributed by atoms with van der Waals surface area (Å²) in [6.07, 6.45) is 0. The number of carbonyl (C=O) groups excluding carboxylic acids is 1. The van der Waals surface area contributed by atoms with Gasteiger partial charge >= 0.3 is 0 Å². The lowest BCUT2D eigenvalue weighted by Crippen LogP contribution is -2.29. The minimum absolute atomic E-state index is 0.0854. The zero-order valence-corrected chi connectivity index (χ0v) is 11.2. The highest BCUT2D eigenvalue weighted by Gasteiger charge is 2.22. The lowest BCUT2D eigenvalue weighted by atomic mass is 9.96. The van der Waals surface area contributed by atoms with E-state index >= 15 is 0 Å². The highest BCUT2D eigenvalue weighted by Crippen LogP contribution is 2.32. The molecule has 1 amide bonds. The number of nitrogens with one attached hydrogen (secondary N) is 1. The summed E-state index contributed by atoms with van der Waals surface area (Å²) < 4.78 is 10.9. The van der Waals surface area contributed by atoms with Crippen LogP contribution < -0.4 is 14.8 Å². The van der Waals surface area contributed by atoms with E-state index in [0.29, 0.717) is 30.4 Å². The predicted molar refractivity (Wildman–Crippen MR) is 71.5 cm³/mol. The molecular weight excluding hydrogens is 246 g/mol. The predicted octanol–water partition coefficient (Wildman–Crippen LogP) is 1.66. The van der Waals surface area contributed by atoms with Gasteiger partial charge in [-0.1, -0.05) is 13.8 Å². The molecule has 1 aliphatic rings. The molecule has 1 aliphatic heterocycles. The van der Waals surface area contributed by atoms with E-state index in [4.69, 9.17) is 9.47 Å². The number of ether oxygens (including phenoxy) is 2. The molecule has 0 bridgehead atoms. The van der Waals surface area contributed by atoms with Crippen LogP contribution in [0.15, 0.2) is 18.2 Å². The van der Waals surface area contributed by atoms with Crippen molar-refractivity contribution in [1.82, 2.24) is 0 Å². The molecule has 2 N–H and O–H groups in total. The first-order chi connectivity index (χ1) is 9.11. The molecule has 0 spiro atoms. The van der Waals surface area contributed by atoms with Crippen molar-refractivity contribution in [3.63, 3.8) is 0 Å². The quantitative estimate of drug-likeness (QED) is 0.868. The first kappa shape index (κ1) is 13.7. The Bertz CT molecular complexity index is 459. The molecule has 1 aromatic carbocycles. The summed E-state index contributed by atoms with van der Waals surface area (Å²) in [7, 11) is 0. The zero-order valence-electron chi connectivity index (χ0n) is 11.2. The van der Waals surface area contributed by atoms with Crippen molar-refractivity contribution in [2.45, 2.75) is 13.8 Å². The summed E-state index contributed by atoms with van der Waals surface area (Å²) in [5.74, 6) is 0.811. The Morgan fingerprint density at radius 1 is 1.32 bits per heavy atom. The standard InChI is InChI=1S/C14H19NO4/c1-9(2)11(8-16)14(17)15-10-3-4-12-13(7-10)19-6-5-18-12/h3-4,7,9,11,16H,5-6,8H2,1-2H3,(H,15,17). The van der Waals surface area contributed by atoms with Gasteiger partial charge in [0.15, 0.2) is 11.5 Å². The van der Waals surface area contributed by atoms with Gasteiger partial charge in [0.1, 0.15) is 13.2 Å². The van der Waals surface area contributed by atoms with E-state index in [0.717, 1.165) is 0 Å². The van der Waals surface area contributed by atoms with Crippen molar-refractivity contribution in [2.24, 2.45) is 11.8 Å². The van der Waals surface area contributed by atoms with Crippen LogP contribution in [-0.4, -0.2) is 30.8 Å². The van der Waals surface area contributed by atoms with Gasteiger partial charge in [0.05, 0.1) is 12.5 Å². The van der Waals surface area contributed by atoms with Crippen molar-refractivity contribution in [3.05, 3.63) is 18.2 Å². The highest BCUT2D eigenvalue weighted by molar-refractivity contribution is 5.93. The molecule has 0 saturated carbocycles. The SMILES string of the molecule is CC(C)C(CO)C(=O)Nc1ccc2c(c1)OCCO2. The molecule has 5 nitrogen and oxygen atoms in total. The summed E-state index contributed by atoms with van der Waals surface area (Å²) in [4.78, 5) is 12.0. The minimum atomic E-state index is -0.409. The van der Waals surface area contributed by atoms with E-state index in [9.17, 15) is 9.90 Å². The third-order valence-corrected chi connectivity index (χ3v) is 3.15. The molecule has 1 aromatic rings. The largest absolute Gasteiger partial charge is 0.486 e. The number of benzene rings is 1. The smallest absolute Gasteiger partial charge is 0.230 e. The van der Waals surface area contributed by atoms with Crippen LogP contribution in [-0.2, 0) is 4.79 Å². The van der Waals surface area contributed by atoms with Crippen molar-refractivity contribution in [1.29, 1.82) is 0 Å². The van der Waals surface area contributed by atoms with Crippen LogP contribution in [0.2, 0.25) is 0 Å². The second-order valence-electron chi connectivity index (χ2n) is 4.88. The Morgan fingerprint density at radius 3 is 2.63 bits per heavy atom. The van der Waals surface area contributed by atoms with Gasteiger partial charge in [0, 0.05) is 11.8 Å². The zero-order chi connectivity index (χ0) is 13.8. The van der Waals surface area contributed by atoms with Gasteiger partial charge in [-0.3, -0.25) is 4.79 Å².